The topological polar surface area (TPSA) is 52.7 Å². The highest BCUT2D eigenvalue weighted by Crippen LogP contribution is 2.34. The predicted molar refractivity (Wildman–Crippen MR) is 140 cm³/mol. The number of carbonyl (C=O) groups excluding carboxylic acids is 2. The number of hydrogen-bond acceptors (Lipinski definition) is 4. The van der Waals surface area contributed by atoms with Crippen molar-refractivity contribution in [3.05, 3.63) is 50.5 Å². The van der Waals surface area contributed by atoms with Gasteiger partial charge >= 0.3 is 0 Å². The van der Waals surface area contributed by atoms with Crippen LogP contribution in [0.5, 0.6) is 0 Å². The largest absolute Gasteiger partial charge is 0.369 e. The molecule has 1 aromatic carbocycles. The Morgan fingerprint density at radius 1 is 1.09 bits per heavy atom. The number of halogens is 1. The van der Waals surface area contributed by atoms with Gasteiger partial charge in [0.25, 0.3) is 5.91 Å². The van der Waals surface area contributed by atoms with Gasteiger partial charge in [-0.15, -0.1) is 0 Å². The third-order valence-electron chi connectivity index (χ3n) is 7.24. The van der Waals surface area contributed by atoms with E-state index in [1.165, 1.54) is 12.8 Å². The van der Waals surface area contributed by atoms with Crippen molar-refractivity contribution in [1.82, 2.24) is 10.2 Å². The second kappa shape index (κ2) is 11.0. The van der Waals surface area contributed by atoms with Crippen LogP contribution < -0.4 is 10.2 Å². The van der Waals surface area contributed by atoms with Crippen molar-refractivity contribution < 1.29 is 9.59 Å². The van der Waals surface area contributed by atoms with Crippen molar-refractivity contribution in [3.8, 4) is 0 Å². The minimum Gasteiger partial charge on any atom is -0.369 e. The summed E-state index contributed by atoms with van der Waals surface area (Å²) in [5.74, 6) is -0.129. The van der Waals surface area contributed by atoms with Crippen molar-refractivity contribution in [2.45, 2.75) is 71.9 Å². The minimum atomic E-state index is -0.137. The highest BCUT2D eigenvalue weighted by Gasteiger charge is 2.28. The van der Waals surface area contributed by atoms with Gasteiger partial charge in [0.05, 0.1) is 0 Å². The van der Waals surface area contributed by atoms with E-state index in [9.17, 15) is 9.59 Å². The molecule has 0 bridgehead atoms. The van der Waals surface area contributed by atoms with E-state index >= 15 is 0 Å². The van der Waals surface area contributed by atoms with Gasteiger partial charge in [-0.25, -0.2) is 0 Å². The zero-order valence-corrected chi connectivity index (χ0v) is 22.5. The molecule has 0 spiro atoms. The lowest BCUT2D eigenvalue weighted by atomic mass is 9.89. The van der Waals surface area contributed by atoms with Crippen LogP contribution >= 0.6 is 15.9 Å². The van der Waals surface area contributed by atoms with Crippen LogP contribution in [-0.4, -0.2) is 55.9 Å². The van der Waals surface area contributed by atoms with Crippen LogP contribution in [0.3, 0.4) is 0 Å². The highest BCUT2D eigenvalue weighted by atomic mass is 79.9. The number of allylic oxidation sites excluding steroid dienone is 3. The number of carbonyl (C=O) groups is 2. The second-order valence-electron chi connectivity index (χ2n) is 9.78. The van der Waals surface area contributed by atoms with E-state index in [0.717, 1.165) is 52.7 Å². The SMILES string of the molecule is CCN(c1cc(Br)cc(C(=O)NCC2=C(C)CC(C)=CC2=O)c1C)C1CCC(N(C)C)CC1. The van der Waals surface area contributed by atoms with Gasteiger partial charge in [0.2, 0.25) is 0 Å². The molecule has 180 valence electrons. The summed E-state index contributed by atoms with van der Waals surface area (Å²) in [4.78, 5) is 30.4. The Morgan fingerprint density at radius 2 is 1.73 bits per heavy atom. The Balaban J connectivity index is 1.78. The molecular weight excluding hydrogens is 478 g/mol. The standard InChI is InChI=1S/C27H38BrN3O2/c1-7-31(22-10-8-21(9-11-22)30(5)6)25-15-20(28)14-23(19(25)4)27(33)29-16-24-18(3)12-17(2)13-26(24)32/h13-15,21-22H,7-12,16H2,1-6H3,(H,29,33). The van der Waals surface area contributed by atoms with E-state index in [1.54, 1.807) is 6.08 Å². The monoisotopic (exact) mass is 515 g/mol. The number of ketones is 1. The molecular formula is C27H38BrN3O2. The molecule has 1 aromatic rings. The molecule has 0 saturated heterocycles. The molecule has 2 aliphatic rings. The minimum absolute atomic E-state index is 0.00804. The summed E-state index contributed by atoms with van der Waals surface area (Å²) in [5.41, 5.74) is 5.58. The Bertz CT molecular complexity index is 972. The molecule has 0 radical (unpaired) electrons. The maximum Gasteiger partial charge on any atom is 0.251 e. The molecule has 1 N–H and O–H groups in total. The summed E-state index contributed by atoms with van der Waals surface area (Å²) in [6, 6.07) is 5.17. The maximum atomic E-state index is 13.2. The molecule has 0 unspecified atom stereocenters. The molecule has 1 amide bonds. The van der Waals surface area contributed by atoms with Gasteiger partial charge in [0.1, 0.15) is 0 Å². The fourth-order valence-corrected chi connectivity index (χ4v) is 5.76. The first kappa shape index (κ1) is 25.7. The summed E-state index contributed by atoms with van der Waals surface area (Å²) < 4.78 is 0.899. The van der Waals surface area contributed by atoms with Crippen LogP contribution in [0.1, 0.15) is 68.8 Å². The number of nitrogens with one attached hydrogen (secondary N) is 1. The quantitative estimate of drug-likeness (QED) is 0.526. The second-order valence-corrected chi connectivity index (χ2v) is 10.7. The average molecular weight is 517 g/mol. The van der Waals surface area contributed by atoms with Gasteiger partial charge in [-0.05, 0) is 97.7 Å². The fraction of sp³-hybridized carbons (Fsp3) is 0.556. The highest BCUT2D eigenvalue weighted by molar-refractivity contribution is 9.10. The van der Waals surface area contributed by atoms with E-state index in [4.69, 9.17) is 0 Å². The molecule has 0 aliphatic heterocycles. The number of rotatable bonds is 7. The van der Waals surface area contributed by atoms with Gasteiger partial charge in [0, 0.05) is 46.5 Å². The van der Waals surface area contributed by atoms with Crippen LogP contribution in [0.25, 0.3) is 0 Å². The zero-order valence-electron chi connectivity index (χ0n) is 20.9. The fourth-order valence-electron chi connectivity index (χ4n) is 5.31. The first-order chi connectivity index (χ1) is 15.6. The lowest BCUT2D eigenvalue weighted by Crippen LogP contribution is -2.42. The van der Waals surface area contributed by atoms with Crippen molar-refractivity contribution in [1.29, 1.82) is 0 Å². The third-order valence-corrected chi connectivity index (χ3v) is 7.69. The van der Waals surface area contributed by atoms with E-state index in [0.29, 0.717) is 23.2 Å². The summed E-state index contributed by atoms with van der Waals surface area (Å²) in [6.45, 7) is 9.34. The Labute approximate surface area is 207 Å². The Kier molecular flexibility index (Phi) is 8.57. The molecule has 2 aliphatic carbocycles. The molecule has 6 heteroatoms. The normalized spacial score (nSPS) is 21.3. The van der Waals surface area contributed by atoms with E-state index < -0.39 is 0 Å². The van der Waals surface area contributed by atoms with E-state index in [1.807, 2.05) is 26.8 Å². The van der Waals surface area contributed by atoms with Gasteiger partial charge < -0.3 is 15.1 Å². The van der Waals surface area contributed by atoms with E-state index in [2.05, 4.69) is 58.1 Å². The van der Waals surface area contributed by atoms with Crippen molar-refractivity contribution in [2.24, 2.45) is 0 Å². The van der Waals surface area contributed by atoms with Crippen molar-refractivity contribution in [3.63, 3.8) is 0 Å². The third kappa shape index (κ3) is 5.96. The molecule has 0 heterocycles. The molecule has 5 nitrogen and oxygen atoms in total. The van der Waals surface area contributed by atoms with Crippen LogP contribution in [0.2, 0.25) is 0 Å². The smallest absolute Gasteiger partial charge is 0.251 e. The van der Waals surface area contributed by atoms with Crippen molar-refractivity contribution in [2.75, 3.05) is 32.1 Å². The average Bonchev–Trinajstić information content (AvgIpc) is 2.75. The van der Waals surface area contributed by atoms with Crippen LogP contribution in [-0.2, 0) is 4.79 Å². The van der Waals surface area contributed by atoms with Crippen LogP contribution in [0.15, 0.2) is 39.4 Å². The molecule has 0 atom stereocenters. The molecule has 3 rings (SSSR count). The number of amides is 1. The molecule has 1 fully saturated rings. The zero-order chi connectivity index (χ0) is 24.3. The first-order valence-corrected chi connectivity index (χ1v) is 12.8. The van der Waals surface area contributed by atoms with Gasteiger partial charge in [-0.2, -0.15) is 0 Å². The van der Waals surface area contributed by atoms with Crippen LogP contribution in [0.4, 0.5) is 5.69 Å². The van der Waals surface area contributed by atoms with Gasteiger partial charge in [-0.3, -0.25) is 9.59 Å². The summed E-state index contributed by atoms with van der Waals surface area (Å²) >= 11 is 3.63. The Morgan fingerprint density at radius 3 is 2.30 bits per heavy atom. The maximum absolute atomic E-state index is 13.2. The number of anilines is 1. The number of benzene rings is 1. The molecule has 0 aromatic heterocycles. The van der Waals surface area contributed by atoms with Gasteiger partial charge in [-0.1, -0.05) is 27.1 Å². The Hall–Kier alpha value is -1.92. The van der Waals surface area contributed by atoms with E-state index in [-0.39, 0.29) is 18.2 Å². The van der Waals surface area contributed by atoms with Crippen molar-refractivity contribution >= 4 is 33.3 Å². The number of nitrogens with zero attached hydrogens (tertiary/aromatic N) is 2. The lowest BCUT2D eigenvalue weighted by molar-refractivity contribution is -0.111. The summed E-state index contributed by atoms with van der Waals surface area (Å²) in [6.07, 6.45) is 7.19. The summed E-state index contributed by atoms with van der Waals surface area (Å²) in [7, 11) is 4.34. The first-order valence-electron chi connectivity index (χ1n) is 12.0. The van der Waals surface area contributed by atoms with Gasteiger partial charge in [0.15, 0.2) is 5.78 Å². The molecule has 1 saturated carbocycles. The molecule has 33 heavy (non-hydrogen) atoms. The van der Waals surface area contributed by atoms with Crippen LogP contribution in [0, 0.1) is 6.92 Å². The number of hydrogen-bond donors (Lipinski definition) is 1. The lowest BCUT2D eigenvalue weighted by Gasteiger charge is -2.40. The summed E-state index contributed by atoms with van der Waals surface area (Å²) in [5, 5.41) is 3.00. The predicted octanol–water partition coefficient (Wildman–Crippen LogP) is 5.42.